The standard InChI is InChI=1S/C74H114O6/c1-4-7-10-13-16-19-22-24-26-28-29-30-31-32-33-34-35-36-37-38-39-40-41-42-43-44-45-47-48-50-52-55-58-61-64-67-73(76)79-70-71(69-78-72(75)66-63-60-57-54-21-18-15-12-9-6-3)80-74(77)68-65-62-59-56-53-51-49-46-27-25-23-20-17-14-11-8-5-2/h7-8,10-11,16-17,19-20,24-27,29-30,32-33,35-36,38-39,41-42,44-45,48-51,56,59,71H,4-6,9,12-15,18,21-23,28,31,34,37,40,43,46-47,52-55,57-58,60-70H2,1-3H3/b10-7-,11-8-,19-16-,20-17-,26-24-,27-25-,30-29-,33-32-,36-35-,39-38-,42-41-,45-44-,50-48-,51-49-,59-56-. The molecular formula is C74H114O6. The van der Waals surface area contributed by atoms with E-state index in [0.717, 1.165) is 154 Å². The third-order valence-electron chi connectivity index (χ3n) is 12.7. The largest absolute Gasteiger partial charge is 0.462 e. The molecule has 0 aliphatic carbocycles. The highest BCUT2D eigenvalue weighted by Crippen LogP contribution is 2.13. The van der Waals surface area contributed by atoms with Gasteiger partial charge in [-0.25, -0.2) is 0 Å². The Bertz CT molecular complexity index is 1890. The molecule has 0 aromatic heterocycles. The number of carbonyl (C=O) groups excluding carboxylic acids is 3. The van der Waals surface area contributed by atoms with E-state index in [1.165, 1.54) is 44.9 Å². The van der Waals surface area contributed by atoms with Crippen LogP contribution in [0.4, 0.5) is 0 Å². The van der Waals surface area contributed by atoms with Crippen LogP contribution in [-0.2, 0) is 28.6 Å². The van der Waals surface area contributed by atoms with Crippen molar-refractivity contribution in [3.05, 3.63) is 182 Å². The Hall–Kier alpha value is -5.49. The number of esters is 3. The molecule has 6 nitrogen and oxygen atoms in total. The molecule has 0 fully saturated rings. The topological polar surface area (TPSA) is 78.9 Å². The van der Waals surface area contributed by atoms with Gasteiger partial charge in [-0.2, -0.15) is 0 Å². The minimum absolute atomic E-state index is 0.115. The normalized spacial score (nSPS) is 13.4. The Morgan fingerprint density at radius 1 is 0.263 bits per heavy atom. The fourth-order valence-electron chi connectivity index (χ4n) is 7.98. The summed E-state index contributed by atoms with van der Waals surface area (Å²) in [5.41, 5.74) is 0. The van der Waals surface area contributed by atoms with Crippen LogP contribution < -0.4 is 0 Å². The summed E-state index contributed by atoms with van der Waals surface area (Å²) < 4.78 is 16.8. The number of allylic oxidation sites excluding steroid dienone is 30. The molecule has 0 saturated carbocycles. The van der Waals surface area contributed by atoms with Crippen LogP contribution in [0.25, 0.3) is 0 Å². The first kappa shape index (κ1) is 74.5. The van der Waals surface area contributed by atoms with Gasteiger partial charge in [0, 0.05) is 19.3 Å². The van der Waals surface area contributed by atoms with E-state index < -0.39 is 6.10 Å². The summed E-state index contributed by atoms with van der Waals surface area (Å²) >= 11 is 0. The zero-order valence-electron chi connectivity index (χ0n) is 51.0. The van der Waals surface area contributed by atoms with Gasteiger partial charge in [0.15, 0.2) is 6.10 Å². The first-order valence-corrected chi connectivity index (χ1v) is 31.8. The van der Waals surface area contributed by atoms with E-state index in [4.69, 9.17) is 14.2 Å². The second-order valence-corrected chi connectivity index (χ2v) is 20.2. The zero-order valence-corrected chi connectivity index (χ0v) is 51.0. The van der Waals surface area contributed by atoms with E-state index in [2.05, 4.69) is 203 Å². The molecule has 0 spiro atoms. The van der Waals surface area contributed by atoms with E-state index in [-0.39, 0.29) is 37.5 Å². The summed E-state index contributed by atoms with van der Waals surface area (Å²) in [7, 11) is 0. The van der Waals surface area contributed by atoms with Crippen molar-refractivity contribution < 1.29 is 28.6 Å². The van der Waals surface area contributed by atoms with E-state index >= 15 is 0 Å². The summed E-state index contributed by atoms with van der Waals surface area (Å²) in [6.45, 7) is 6.31. The van der Waals surface area contributed by atoms with Crippen molar-refractivity contribution in [2.75, 3.05) is 13.2 Å². The lowest BCUT2D eigenvalue weighted by Crippen LogP contribution is -2.30. The molecule has 0 aliphatic heterocycles. The van der Waals surface area contributed by atoms with Crippen molar-refractivity contribution in [3.8, 4) is 0 Å². The van der Waals surface area contributed by atoms with Crippen LogP contribution in [-0.4, -0.2) is 37.2 Å². The summed E-state index contributed by atoms with van der Waals surface area (Å²) in [6, 6.07) is 0. The minimum Gasteiger partial charge on any atom is -0.462 e. The summed E-state index contributed by atoms with van der Waals surface area (Å²) in [5.74, 6) is -1.01. The van der Waals surface area contributed by atoms with Gasteiger partial charge >= 0.3 is 17.9 Å². The Balaban J connectivity index is 4.35. The molecule has 0 radical (unpaired) electrons. The van der Waals surface area contributed by atoms with Gasteiger partial charge in [0.05, 0.1) is 0 Å². The molecule has 0 rings (SSSR count). The molecule has 0 N–H and O–H groups in total. The molecule has 0 heterocycles. The molecule has 1 unspecified atom stereocenters. The average Bonchev–Trinajstić information content (AvgIpc) is 3.46. The average molecular weight is 1100 g/mol. The SMILES string of the molecule is CC/C=C\C/C=C\C/C=C\C/C=C\C/C=C\C/C=C\C/C=C\C/C=C\C/C=C\C/C=C\CCCCCCC(=O)OCC(COC(=O)CCCCCCCCCCCC)OC(=O)CCC/C=C\C/C=C\C/C=C\C/C=C\C/C=C\CC. The summed E-state index contributed by atoms with van der Waals surface area (Å²) in [5, 5.41) is 0. The van der Waals surface area contributed by atoms with Gasteiger partial charge in [0.25, 0.3) is 0 Å². The first-order chi connectivity index (χ1) is 39.5. The molecule has 0 bridgehead atoms. The van der Waals surface area contributed by atoms with Crippen molar-refractivity contribution in [2.45, 2.75) is 252 Å². The molecule has 80 heavy (non-hydrogen) atoms. The molecule has 0 amide bonds. The Labute approximate surface area is 491 Å². The number of rotatable bonds is 55. The second kappa shape index (κ2) is 66.0. The van der Waals surface area contributed by atoms with Crippen LogP contribution in [0.5, 0.6) is 0 Å². The highest BCUT2D eigenvalue weighted by molar-refractivity contribution is 5.71. The quantitative estimate of drug-likeness (QED) is 0.0261. The highest BCUT2D eigenvalue weighted by atomic mass is 16.6. The third kappa shape index (κ3) is 63.3. The van der Waals surface area contributed by atoms with Crippen LogP contribution in [0.3, 0.4) is 0 Å². The maximum absolute atomic E-state index is 12.8. The maximum Gasteiger partial charge on any atom is 0.306 e. The van der Waals surface area contributed by atoms with E-state index in [0.29, 0.717) is 19.3 Å². The maximum atomic E-state index is 12.8. The number of ether oxygens (including phenoxy) is 3. The van der Waals surface area contributed by atoms with Gasteiger partial charge in [-0.3, -0.25) is 14.4 Å². The van der Waals surface area contributed by atoms with Crippen LogP contribution in [0, 0.1) is 0 Å². The van der Waals surface area contributed by atoms with Gasteiger partial charge in [-0.05, 0) is 135 Å². The highest BCUT2D eigenvalue weighted by Gasteiger charge is 2.19. The van der Waals surface area contributed by atoms with E-state index in [9.17, 15) is 14.4 Å². The van der Waals surface area contributed by atoms with Gasteiger partial charge < -0.3 is 14.2 Å². The van der Waals surface area contributed by atoms with E-state index in [1.54, 1.807) is 0 Å². The van der Waals surface area contributed by atoms with Crippen LogP contribution in [0.1, 0.15) is 245 Å². The molecule has 0 aliphatic rings. The van der Waals surface area contributed by atoms with Crippen LogP contribution in [0.2, 0.25) is 0 Å². The third-order valence-corrected chi connectivity index (χ3v) is 12.7. The Morgan fingerprint density at radius 2 is 0.500 bits per heavy atom. The molecule has 6 heteroatoms. The number of unbranched alkanes of at least 4 members (excludes halogenated alkanes) is 14. The molecule has 0 saturated heterocycles. The lowest BCUT2D eigenvalue weighted by atomic mass is 10.1. The molecule has 0 aromatic rings. The second-order valence-electron chi connectivity index (χ2n) is 20.2. The summed E-state index contributed by atoms with van der Waals surface area (Å²) in [4.78, 5) is 38.1. The van der Waals surface area contributed by atoms with Gasteiger partial charge in [-0.15, -0.1) is 0 Å². The number of carbonyl (C=O) groups is 3. The zero-order chi connectivity index (χ0) is 57.8. The predicted octanol–water partition coefficient (Wildman–Crippen LogP) is 22.0. The van der Waals surface area contributed by atoms with Crippen LogP contribution >= 0.6 is 0 Å². The number of hydrogen-bond acceptors (Lipinski definition) is 6. The molecule has 0 aromatic carbocycles. The fraction of sp³-hybridized carbons (Fsp3) is 0.554. The van der Waals surface area contributed by atoms with Crippen molar-refractivity contribution >= 4 is 17.9 Å². The predicted molar refractivity (Wildman–Crippen MR) is 348 cm³/mol. The monoisotopic (exact) mass is 1100 g/mol. The van der Waals surface area contributed by atoms with Gasteiger partial charge in [0.2, 0.25) is 0 Å². The van der Waals surface area contributed by atoms with Crippen molar-refractivity contribution in [1.29, 1.82) is 0 Å². The van der Waals surface area contributed by atoms with Gasteiger partial charge in [-0.1, -0.05) is 274 Å². The van der Waals surface area contributed by atoms with Crippen LogP contribution in [0.15, 0.2) is 182 Å². The Morgan fingerprint density at radius 3 is 0.800 bits per heavy atom. The summed E-state index contributed by atoms with van der Waals surface area (Å²) in [6.07, 6.45) is 99.1. The number of hydrogen-bond donors (Lipinski definition) is 0. The Kier molecular flexibility index (Phi) is 61.5. The van der Waals surface area contributed by atoms with Crippen molar-refractivity contribution in [1.82, 2.24) is 0 Å². The van der Waals surface area contributed by atoms with Crippen molar-refractivity contribution in [3.63, 3.8) is 0 Å². The van der Waals surface area contributed by atoms with Crippen molar-refractivity contribution in [2.24, 2.45) is 0 Å². The fourth-order valence-corrected chi connectivity index (χ4v) is 7.98. The van der Waals surface area contributed by atoms with Gasteiger partial charge in [0.1, 0.15) is 13.2 Å². The van der Waals surface area contributed by atoms with E-state index in [1.807, 2.05) is 0 Å². The minimum atomic E-state index is -0.826. The molecule has 446 valence electrons. The first-order valence-electron chi connectivity index (χ1n) is 31.8. The smallest absolute Gasteiger partial charge is 0.306 e. The molecular weight excluding hydrogens is 985 g/mol. The lowest BCUT2D eigenvalue weighted by Gasteiger charge is -2.18. The lowest BCUT2D eigenvalue weighted by molar-refractivity contribution is -0.167. The molecule has 1 atom stereocenters.